The van der Waals surface area contributed by atoms with Crippen LogP contribution in [0.4, 0.5) is 0 Å². The van der Waals surface area contributed by atoms with E-state index in [1.807, 2.05) is 0 Å². The van der Waals surface area contributed by atoms with E-state index in [9.17, 15) is 9.59 Å². The van der Waals surface area contributed by atoms with E-state index in [2.05, 4.69) is 72.6 Å². The zero-order valence-corrected chi connectivity index (χ0v) is 28.4. The standard InChI is InChI=1S/C36H63N3O3/c1-25(2)10-9-11-26(3)30-14-15-31-29-13-12-27-24-28(18-20-35(27,4)32(29)19-21-36(30,31)5)42-38-34(41)17-16-33(40)37-22-23-39(6,7)8/h12,25-26,28-32H,9-11,13-24H2,1-8H3,(H-,37,38,40,41)/p+1/t26-,28+,29+,30-,31+,32+,35+,36-/m1/s1. The van der Waals surface area contributed by atoms with Crippen LogP contribution in [-0.4, -0.2) is 56.6 Å². The number of carbonyl (C=O) groups excluding carboxylic acids is 2. The van der Waals surface area contributed by atoms with Crippen molar-refractivity contribution in [2.24, 2.45) is 46.3 Å². The van der Waals surface area contributed by atoms with Crippen molar-refractivity contribution in [2.75, 3.05) is 34.2 Å². The lowest BCUT2D eigenvalue weighted by Gasteiger charge is -2.58. The molecule has 240 valence electrons. The molecule has 0 aliphatic heterocycles. The molecule has 0 heterocycles. The van der Waals surface area contributed by atoms with Gasteiger partial charge in [-0.1, -0.05) is 65.5 Å². The molecule has 42 heavy (non-hydrogen) atoms. The molecule has 0 unspecified atom stereocenters. The topological polar surface area (TPSA) is 67.4 Å². The van der Waals surface area contributed by atoms with Crippen LogP contribution >= 0.6 is 0 Å². The SMILES string of the molecule is CC(C)CCC[C@@H](C)[C@H]1CC[C@H]2[C@@H]3CC=C4C[C@@H](ONC(=O)CCC(=O)NCC[N+](C)(C)C)CC[C@]4(C)[C@H]3CC[C@]12C. The van der Waals surface area contributed by atoms with E-state index in [-0.39, 0.29) is 36.2 Å². The molecule has 2 amide bonds. The summed E-state index contributed by atoms with van der Waals surface area (Å²) in [5, 5.41) is 2.91. The molecule has 0 spiro atoms. The molecule has 0 bridgehead atoms. The fourth-order valence-corrected chi connectivity index (χ4v) is 9.80. The molecule has 0 radical (unpaired) electrons. The van der Waals surface area contributed by atoms with Crippen molar-refractivity contribution in [2.45, 2.75) is 124 Å². The van der Waals surface area contributed by atoms with Crippen LogP contribution in [0.25, 0.3) is 0 Å². The van der Waals surface area contributed by atoms with Gasteiger partial charge in [0.25, 0.3) is 0 Å². The molecule has 6 nitrogen and oxygen atoms in total. The van der Waals surface area contributed by atoms with Crippen LogP contribution in [-0.2, 0) is 14.4 Å². The summed E-state index contributed by atoms with van der Waals surface area (Å²) in [6, 6.07) is 0. The lowest BCUT2D eigenvalue weighted by Crippen LogP contribution is -2.51. The van der Waals surface area contributed by atoms with Gasteiger partial charge in [0, 0.05) is 12.8 Å². The van der Waals surface area contributed by atoms with Crippen molar-refractivity contribution in [3.8, 4) is 0 Å². The maximum absolute atomic E-state index is 12.4. The summed E-state index contributed by atoms with van der Waals surface area (Å²) in [5.41, 5.74) is 5.05. The Kier molecular flexibility index (Phi) is 10.9. The third kappa shape index (κ3) is 7.81. The van der Waals surface area contributed by atoms with E-state index in [4.69, 9.17) is 4.84 Å². The first kappa shape index (κ1) is 33.5. The minimum absolute atomic E-state index is 0.0274. The van der Waals surface area contributed by atoms with Crippen LogP contribution in [0, 0.1) is 46.3 Å². The molecule has 3 saturated carbocycles. The zero-order valence-electron chi connectivity index (χ0n) is 28.4. The maximum atomic E-state index is 12.4. The highest BCUT2D eigenvalue weighted by molar-refractivity contribution is 5.83. The minimum atomic E-state index is -0.205. The number of quaternary nitrogens is 1. The lowest BCUT2D eigenvalue weighted by atomic mass is 9.47. The van der Waals surface area contributed by atoms with Gasteiger partial charge >= 0.3 is 0 Å². The highest BCUT2D eigenvalue weighted by atomic mass is 16.7. The summed E-state index contributed by atoms with van der Waals surface area (Å²) in [4.78, 5) is 30.5. The number of amides is 2. The van der Waals surface area contributed by atoms with Crippen LogP contribution in [0.5, 0.6) is 0 Å². The van der Waals surface area contributed by atoms with Crippen LogP contribution < -0.4 is 10.8 Å². The first-order chi connectivity index (χ1) is 19.7. The highest BCUT2D eigenvalue weighted by Gasteiger charge is 2.59. The van der Waals surface area contributed by atoms with Gasteiger partial charge in [0.2, 0.25) is 11.8 Å². The Labute approximate surface area is 257 Å². The molecule has 4 aliphatic carbocycles. The van der Waals surface area contributed by atoms with E-state index < -0.39 is 0 Å². The van der Waals surface area contributed by atoms with Gasteiger partial charge in [0.05, 0.1) is 40.3 Å². The molecule has 0 aromatic rings. The van der Waals surface area contributed by atoms with Crippen LogP contribution in [0.3, 0.4) is 0 Å². The van der Waals surface area contributed by atoms with E-state index in [0.717, 1.165) is 65.8 Å². The smallest absolute Gasteiger partial charge is 0.244 e. The lowest BCUT2D eigenvalue weighted by molar-refractivity contribution is -0.869. The molecule has 0 aromatic heterocycles. The number of fused-ring (bicyclic) bond motifs is 5. The first-order valence-electron chi connectivity index (χ1n) is 17.4. The third-order valence-corrected chi connectivity index (χ3v) is 12.3. The second-order valence-electron chi connectivity index (χ2n) is 16.7. The van der Waals surface area contributed by atoms with Gasteiger partial charge in [-0.3, -0.25) is 14.4 Å². The average molecular weight is 587 g/mol. The fraction of sp³-hybridized carbons (Fsp3) is 0.889. The fourth-order valence-electron chi connectivity index (χ4n) is 9.80. The van der Waals surface area contributed by atoms with Crippen molar-refractivity contribution in [1.29, 1.82) is 0 Å². The van der Waals surface area contributed by atoms with Crippen molar-refractivity contribution >= 4 is 11.8 Å². The molecule has 4 aliphatic rings. The van der Waals surface area contributed by atoms with E-state index in [1.54, 1.807) is 5.57 Å². The number of rotatable bonds is 13. The summed E-state index contributed by atoms with van der Waals surface area (Å²) in [7, 11) is 6.29. The van der Waals surface area contributed by atoms with Gasteiger partial charge in [-0.25, -0.2) is 5.48 Å². The van der Waals surface area contributed by atoms with Gasteiger partial charge in [-0.15, -0.1) is 0 Å². The number of carbonyl (C=O) groups is 2. The Morgan fingerprint density at radius 2 is 1.71 bits per heavy atom. The van der Waals surface area contributed by atoms with Crippen molar-refractivity contribution < 1.29 is 18.9 Å². The van der Waals surface area contributed by atoms with Crippen molar-refractivity contribution in [3.05, 3.63) is 11.6 Å². The van der Waals surface area contributed by atoms with Gasteiger partial charge in [-0.2, -0.15) is 0 Å². The number of hydrogen-bond acceptors (Lipinski definition) is 3. The Balaban J connectivity index is 1.26. The van der Waals surface area contributed by atoms with Gasteiger partial charge < -0.3 is 9.80 Å². The van der Waals surface area contributed by atoms with Crippen molar-refractivity contribution in [1.82, 2.24) is 10.8 Å². The average Bonchev–Trinajstić information content (AvgIpc) is 3.27. The van der Waals surface area contributed by atoms with Crippen LogP contribution in [0.2, 0.25) is 0 Å². The van der Waals surface area contributed by atoms with Crippen molar-refractivity contribution in [3.63, 3.8) is 0 Å². The number of hydroxylamine groups is 1. The predicted octanol–water partition coefficient (Wildman–Crippen LogP) is 7.05. The number of likely N-dealkylation sites (N-methyl/N-ethyl adjacent to an activating group) is 1. The van der Waals surface area contributed by atoms with Gasteiger partial charge in [0.1, 0.15) is 0 Å². The normalized spacial score (nSPS) is 35.1. The minimum Gasteiger partial charge on any atom is -0.350 e. The summed E-state index contributed by atoms with van der Waals surface area (Å²) in [6.07, 6.45) is 17.1. The molecule has 4 rings (SSSR count). The van der Waals surface area contributed by atoms with Gasteiger partial charge in [-0.05, 0) is 97.7 Å². The molecular weight excluding hydrogens is 522 g/mol. The molecule has 6 heteroatoms. The van der Waals surface area contributed by atoms with Gasteiger partial charge in [0.15, 0.2) is 0 Å². The Morgan fingerprint density at radius 3 is 2.43 bits per heavy atom. The predicted molar refractivity (Wildman–Crippen MR) is 171 cm³/mol. The number of hydrogen-bond donors (Lipinski definition) is 2. The molecule has 3 fully saturated rings. The molecule has 0 saturated heterocycles. The quantitative estimate of drug-likeness (QED) is 0.138. The summed E-state index contributed by atoms with van der Waals surface area (Å²) >= 11 is 0. The van der Waals surface area contributed by atoms with Crippen LogP contribution in [0.15, 0.2) is 11.6 Å². The van der Waals surface area contributed by atoms with E-state index in [0.29, 0.717) is 12.0 Å². The second kappa shape index (κ2) is 13.7. The molecule has 0 aromatic carbocycles. The largest absolute Gasteiger partial charge is 0.350 e. The van der Waals surface area contributed by atoms with Crippen LogP contribution in [0.1, 0.15) is 118 Å². The summed E-state index contributed by atoms with van der Waals surface area (Å²) < 4.78 is 0.797. The Hall–Kier alpha value is -1.40. The third-order valence-electron chi connectivity index (χ3n) is 12.3. The Bertz CT molecular complexity index is 970. The monoisotopic (exact) mass is 586 g/mol. The summed E-state index contributed by atoms with van der Waals surface area (Å²) in [5.74, 6) is 4.78. The molecular formula is C36H64N3O3+. The Morgan fingerprint density at radius 1 is 0.976 bits per heavy atom. The molecule has 2 N–H and O–H groups in total. The van der Waals surface area contributed by atoms with E-state index in [1.165, 1.54) is 51.4 Å². The van der Waals surface area contributed by atoms with E-state index >= 15 is 0 Å². The molecule has 8 atom stereocenters. The number of nitrogens with one attached hydrogen (secondary N) is 2. The number of nitrogens with zero attached hydrogens (tertiary/aromatic N) is 1. The number of allylic oxidation sites excluding steroid dienone is 1. The first-order valence-corrected chi connectivity index (χ1v) is 17.4. The second-order valence-corrected chi connectivity index (χ2v) is 16.7. The summed E-state index contributed by atoms with van der Waals surface area (Å²) in [6.45, 7) is 14.0. The highest BCUT2D eigenvalue weighted by Crippen LogP contribution is 2.67. The zero-order chi connectivity index (χ0) is 30.7. The maximum Gasteiger partial charge on any atom is 0.244 e.